The second-order valence-electron chi connectivity index (χ2n) is 8.22. The van der Waals surface area contributed by atoms with E-state index in [1.54, 1.807) is 0 Å². The summed E-state index contributed by atoms with van der Waals surface area (Å²) in [6.07, 6.45) is 0.948. The molecule has 0 amide bonds. The number of ether oxygens (including phenoxy) is 1. The Morgan fingerprint density at radius 3 is 2.82 bits per heavy atom. The van der Waals surface area contributed by atoms with Crippen LogP contribution in [-0.2, 0) is 9.53 Å². The average molecular weight is 394 g/mol. The smallest absolute Gasteiger partial charge is 0.205 e. The predicted octanol–water partition coefficient (Wildman–Crippen LogP) is 4.65. The summed E-state index contributed by atoms with van der Waals surface area (Å²) < 4.78 is 5.73. The summed E-state index contributed by atoms with van der Waals surface area (Å²) in [6.45, 7) is 5.99. The molecular formula is C22H20ClN3O2. The molecule has 0 bridgehead atoms. The van der Waals surface area contributed by atoms with Crippen molar-refractivity contribution in [1.29, 1.82) is 5.26 Å². The first-order chi connectivity index (χ1) is 13.2. The highest BCUT2D eigenvalue weighted by atomic mass is 35.5. The van der Waals surface area contributed by atoms with Crippen LogP contribution < -0.4 is 5.73 Å². The number of benzene rings is 1. The molecule has 2 aliphatic rings. The van der Waals surface area contributed by atoms with Crippen LogP contribution in [0, 0.1) is 23.7 Å². The molecule has 5 nitrogen and oxygen atoms in total. The van der Waals surface area contributed by atoms with Crippen LogP contribution in [0.15, 0.2) is 47.1 Å². The van der Waals surface area contributed by atoms with Crippen LogP contribution >= 0.6 is 11.6 Å². The summed E-state index contributed by atoms with van der Waals surface area (Å²) in [4.78, 5) is 17.6. The standard InChI is InChI=1S/C22H20ClN3O2/c1-11-5-4-6-12-7-13(20(23)26-19(11)12)17-14(10-24)21(25)28-16-9-22(2,3)8-15(27)18(16)17/h4-7,17H,8-9,25H2,1-3H3. The maximum atomic E-state index is 13.1. The molecule has 6 heteroatoms. The molecule has 2 aromatic rings. The van der Waals surface area contributed by atoms with Crippen molar-refractivity contribution in [2.45, 2.75) is 39.5 Å². The van der Waals surface area contributed by atoms with Crippen LogP contribution in [-0.4, -0.2) is 10.8 Å². The quantitative estimate of drug-likeness (QED) is 0.712. The van der Waals surface area contributed by atoms with Gasteiger partial charge in [0.05, 0.1) is 11.4 Å². The number of allylic oxidation sites excluding steroid dienone is 3. The number of hydrogen-bond donors (Lipinski definition) is 1. The van der Waals surface area contributed by atoms with Gasteiger partial charge >= 0.3 is 0 Å². The molecular weight excluding hydrogens is 374 g/mol. The molecule has 0 saturated heterocycles. The molecule has 142 valence electrons. The lowest BCUT2D eigenvalue weighted by Crippen LogP contribution is -2.33. The third-order valence-corrected chi connectivity index (χ3v) is 5.72. The number of hydrogen-bond acceptors (Lipinski definition) is 5. The molecule has 4 rings (SSSR count). The zero-order chi connectivity index (χ0) is 20.2. The van der Waals surface area contributed by atoms with Crippen LogP contribution in [0.3, 0.4) is 0 Å². The number of nitrogens with zero attached hydrogens (tertiary/aromatic N) is 2. The third-order valence-electron chi connectivity index (χ3n) is 5.41. The topological polar surface area (TPSA) is 89.0 Å². The van der Waals surface area contributed by atoms with Crippen LogP contribution in [0.1, 0.15) is 43.7 Å². The predicted molar refractivity (Wildman–Crippen MR) is 107 cm³/mol. The maximum absolute atomic E-state index is 13.1. The number of carbonyl (C=O) groups is 1. The van der Waals surface area contributed by atoms with Crippen molar-refractivity contribution in [3.05, 3.63) is 63.3 Å². The fourth-order valence-corrected chi connectivity index (χ4v) is 4.39. The van der Waals surface area contributed by atoms with Crippen molar-refractivity contribution in [3.8, 4) is 6.07 Å². The Bertz CT molecular complexity index is 1140. The largest absolute Gasteiger partial charge is 0.444 e. The highest BCUT2D eigenvalue weighted by Gasteiger charge is 2.43. The number of Topliss-reactive ketones (excluding diaryl/α,β-unsaturated/α-hetero) is 1. The molecule has 0 radical (unpaired) electrons. The highest BCUT2D eigenvalue weighted by Crippen LogP contribution is 2.49. The molecule has 0 fully saturated rings. The number of aryl methyl sites for hydroxylation is 1. The molecule has 28 heavy (non-hydrogen) atoms. The van der Waals surface area contributed by atoms with Gasteiger partial charge in [-0.05, 0) is 24.0 Å². The Morgan fingerprint density at radius 2 is 2.11 bits per heavy atom. The third kappa shape index (κ3) is 2.85. The lowest BCUT2D eigenvalue weighted by Gasteiger charge is -2.37. The Labute approximate surface area is 168 Å². The van der Waals surface area contributed by atoms with E-state index in [4.69, 9.17) is 22.1 Å². The van der Waals surface area contributed by atoms with Gasteiger partial charge in [-0.15, -0.1) is 0 Å². The van der Waals surface area contributed by atoms with Gasteiger partial charge in [0.1, 0.15) is 22.6 Å². The number of nitriles is 1. The first kappa shape index (κ1) is 18.5. The molecule has 0 spiro atoms. The summed E-state index contributed by atoms with van der Waals surface area (Å²) in [5, 5.41) is 10.9. The van der Waals surface area contributed by atoms with Crippen molar-refractivity contribution >= 4 is 28.3 Å². The number of ketones is 1. The van der Waals surface area contributed by atoms with E-state index in [1.165, 1.54) is 0 Å². The maximum Gasteiger partial charge on any atom is 0.205 e. The SMILES string of the molecule is Cc1cccc2cc(C3C(C#N)=C(N)OC4=C3C(=O)CC(C)(C)C4)c(Cl)nc12. The number of fused-ring (bicyclic) bond motifs is 1. The highest BCUT2D eigenvalue weighted by molar-refractivity contribution is 6.31. The molecule has 1 atom stereocenters. The van der Waals surface area contributed by atoms with Crippen molar-refractivity contribution in [2.24, 2.45) is 11.1 Å². The molecule has 1 aromatic heterocycles. The fraction of sp³-hybridized carbons (Fsp3) is 0.318. The van der Waals surface area contributed by atoms with Gasteiger partial charge in [-0.3, -0.25) is 4.79 Å². The van der Waals surface area contributed by atoms with Crippen molar-refractivity contribution in [3.63, 3.8) is 0 Å². The summed E-state index contributed by atoms with van der Waals surface area (Å²) in [5.41, 5.74) is 8.91. The van der Waals surface area contributed by atoms with E-state index in [0.29, 0.717) is 29.7 Å². The number of nitrogens with two attached hydrogens (primary N) is 1. The van der Waals surface area contributed by atoms with Crippen molar-refractivity contribution in [2.75, 3.05) is 0 Å². The minimum atomic E-state index is -0.665. The summed E-state index contributed by atoms with van der Waals surface area (Å²) >= 11 is 6.55. The molecule has 2 heterocycles. The fourth-order valence-electron chi connectivity index (χ4n) is 4.14. The Morgan fingerprint density at radius 1 is 1.36 bits per heavy atom. The number of carbonyl (C=O) groups excluding carboxylic acids is 1. The van der Waals surface area contributed by atoms with E-state index in [0.717, 1.165) is 16.5 Å². The van der Waals surface area contributed by atoms with Crippen LogP contribution in [0.25, 0.3) is 10.9 Å². The number of aromatic nitrogens is 1. The van der Waals surface area contributed by atoms with Gasteiger partial charge in [0.2, 0.25) is 5.88 Å². The summed E-state index contributed by atoms with van der Waals surface area (Å²) in [6, 6.07) is 9.86. The van der Waals surface area contributed by atoms with E-state index < -0.39 is 5.92 Å². The minimum absolute atomic E-state index is 0.0251. The van der Waals surface area contributed by atoms with Crippen LogP contribution in [0.5, 0.6) is 0 Å². The van der Waals surface area contributed by atoms with E-state index in [-0.39, 0.29) is 27.8 Å². The van der Waals surface area contributed by atoms with Gasteiger partial charge in [0, 0.05) is 29.4 Å². The first-order valence-electron chi connectivity index (χ1n) is 9.11. The van der Waals surface area contributed by atoms with E-state index >= 15 is 0 Å². The number of halogens is 1. The Kier molecular flexibility index (Phi) is 4.20. The Hall–Kier alpha value is -2.84. The Balaban J connectivity index is 1.98. The summed E-state index contributed by atoms with van der Waals surface area (Å²) in [7, 11) is 0. The van der Waals surface area contributed by atoms with E-state index in [2.05, 4.69) is 11.1 Å². The van der Waals surface area contributed by atoms with Gasteiger partial charge in [0.15, 0.2) is 5.78 Å². The van der Waals surface area contributed by atoms with Crippen LogP contribution in [0.4, 0.5) is 0 Å². The second-order valence-corrected chi connectivity index (χ2v) is 8.58. The number of rotatable bonds is 1. The zero-order valence-electron chi connectivity index (χ0n) is 16.0. The van der Waals surface area contributed by atoms with Crippen molar-refractivity contribution in [1.82, 2.24) is 4.98 Å². The lowest BCUT2D eigenvalue weighted by molar-refractivity contribution is -0.119. The molecule has 1 aliphatic carbocycles. The number of pyridine rings is 1. The normalized spacial score (nSPS) is 21.4. The average Bonchev–Trinajstić information content (AvgIpc) is 2.60. The summed E-state index contributed by atoms with van der Waals surface area (Å²) in [5.74, 6) is -0.153. The second kappa shape index (κ2) is 6.35. The molecule has 2 N–H and O–H groups in total. The van der Waals surface area contributed by atoms with Crippen LogP contribution in [0.2, 0.25) is 5.15 Å². The van der Waals surface area contributed by atoms with E-state index in [1.807, 2.05) is 45.0 Å². The van der Waals surface area contributed by atoms with Gasteiger partial charge in [-0.25, -0.2) is 4.98 Å². The van der Waals surface area contributed by atoms with Gasteiger partial charge in [0.25, 0.3) is 0 Å². The van der Waals surface area contributed by atoms with Gasteiger partial charge in [-0.1, -0.05) is 43.6 Å². The molecule has 1 aromatic carbocycles. The van der Waals surface area contributed by atoms with Crippen molar-refractivity contribution < 1.29 is 9.53 Å². The zero-order valence-corrected chi connectivity index (χ0v) is 16.7. The molecule has 1 unspecified atom stereocenters. The monoisotopic (exact) mass is 393 g/mol. The first-order valence-corrected chi connectivity index (χ1v) is 9.49. The van der Waals surface area contributed by atoms with E-state index in [9.17, 15) is 10.1 Å². The van der Waals surface area contributed by atoms with Gasteiger partial charge < -0.3 is 10.5 Å². The number of para-hydroxylation sites is 1. The lowest BCUT2D eigenvalue weighted by atomic mass is 9.70. The molecule has 1 aliphatic heterocycles. The molecule has 0 saturated carbocycles. The minimum Gasteiger partial charge on any atom is -0.444 e. The van der Waals surface area contributed by atoms with Gasteiger partial charge in [-0.2, -0.15) is 5.26 Å².